The van der Waals surface area contributed by atoms with Gasteiger partial charge in [-0.05, 0) is 36.8 Å². The summed E-state index contributed by atoms with van der Waals surface area (Å²) in [6.45, 7) is 6.66. The van der Waals surface area contributed by atoms with E-state index in [9.17, 15) is 4.39 Å². The lowest BCUT2D eigenvalue weighted by Gasteiger charge is -2.08. The molecule has 0 saturated carbocycles. The maximum absolute atomic E-state index is 13.8. The van der Waals surface area contributed by atoms with E-state index in [0.717, 1.165) is 32.0 Å². The Balaban J connectivity index is 1.34. The zero-order valence-corrected chi connectivity index (χ0v) is 20.2. The summed E-state index contributed by atoms with van der Waals surface area (Å²) in [6, 6.07) is 8.23. The Labute approximate surface area is 199 Å². The van der Waals surface area contributed by atoms with Gasteiger partial charge in [-0.25, -0.2) is 19.3 Å². The molecule has 0 saturated heterocycles. The predicted octanol–water partition coefficient (Wildman–Crippen LogP) is 7.25. The Bertz CT molecular complexity index is 1210. The van der Waals surface area contributed by atoms with Crippen molar-refractivity contribution in [2.45, 2.75) is 33.1 Å². The molecule has 0 spiro atoms. The third-order valence-electron chi connectivity index (χ3n) is 4.65. The number of hydrogen-bond acceptors (Lipinski definition) is 7. The van der Waals surface area contributed by atoms with Gasteiger partial charge in [-0.1, -0.05) is 31.5 Å². The highest BCUT2D eigenvalue weighted by molar-refractivity contribution is 7.17. The van der Waals surface area contributed by atoms with Gasteiger partial charge in [-0.2, -0.15) is 0 Å². The van der Waals surface area contributed by atoms with Crippen molar-refractivity contribution in [3.8, 4) is 16.3 Å². The quantitative estimate of drug-likeness (QED) is 0.283. The summed E-state index contributed by atoms with van der Waals surface area (Å²) in [6.07, 6.45) is 2.39. The van der Waals surface area contributed by atoms with E-state index >= 15 is 0 Å². The molecule has 5 nitrogen and oxygen atoms in total. The molecule has 32 heavy (non-hydrogen) atoms. The average molecular weight is 489 g/mol. The number of anilines is 2. The average Bonchev–Trinajstić information content (AvgIpc) is 3.37. The molecule has 0 fully saturated rings. The first-order chi connectivity index (χ1) is 15.4. The molecular weight excluding hydrogens is 467 g/mol. The van der Waals surface area contributed by atoms with Crippen molar-refractivity contribution in [3.63, 3.8) is 0 Å². The second kappa shape index (κ2) is 9.94. The van der Waals surface area contributed by atoms with E-state index in [0.29, 0.717) is 29.8 Å². The van der Waals surface area contributed by atoms with Gasteiger partial charge < -0.3 is 10.1 Å². The molecule has 166 valence electrons. The molecule has 0 aliphatic rings. The van der Waals surface area contributed by atoms with Crippen LogP contribution in [0.3, 0.4) is 0 Å². The van der Waals surface area contributed by atoms with Crippen LogP contribution in [0.1, 0.15) is 36.0 Å². The third-order valence-corrected chi connectivity index (χ3v) is 7.12. The Morgan fingerprint density at radius 2 is 2.03 bits per heavy atom. The number of halogens is 2. The molecule has 0 amide bonds. The smallest absolute Gasteiger partial charge is 0.188 e. The van der Waals surface area contributed by atoms with Crippen molar-refractivity contribution in [1.82, 2.24) is 15.0 Å². The van der Waals surface area contributed by atoms with Crippen molar-refractivity contribution in [1.29, 1.82) is 0 Å². The van der Waals surface area contributed by atoms with Gasteiger partial charge >= 0.3 is 0 Å². The molecule has 3 heterocycles. The van der Waals surface area contributed by atoms with E-state index in [-0.39, 0.29) is 5.75 Å². The standard InChI is InChI=1S/C23H22ClFN4OS2/c1-13(2)22-27-14(3)21(32-22)18-12-31-23(28-18)29-20-7-4-15(11-26-20)8-9-30-19-6-5-16(24)10-17(19)25/h4-7,10-13H,8-9H2,1-3H3,(H,26,28,29). The maximum Gasteiger partial charge on any atom is 0.188 e. The molecule has 4 aromatic rings. The first-order valence-electron chi connectivity index (χ1n) is 10.1. The second-order valence-corrected chi connectivity index (χ2v) is 9.83. The van der Waals surface area contributed by atoms with Gasteiger partial charge in [0.25, 0.3) is 0 Å². The van der Waals surface area contributed by atoms with Gasteiger partial charge in [0.05, 0.1) is 27.9 Å². The SMILES string of the molecule is Cc1nc(C(C)C)sc1-c1csc(Nc2ccc(CCOc3ccc(Cl)cc3F)cn2)n1. The summed E-state index contributed by atoms with van der Waals surface area (Å²) in [5, 5.41) is 7.54. The van der Waals surface area contributed by atoms with Crippen LogP contribution >= 0.6 is 34.3 Å². The zero-order chi connectivity index (χ0) is 22.7. The minimum atomic E-state index is -0.466. The van der Waals surface area contributed by atoms with Crippen molar-refractivity contribution in [2.24, 2.45) is 0 Å². The summed E-state index contributed by atoms with van der Waals surface area (Å²) in [5.74, 6) is 0.842. The number of aromatic nitrogens is 3. The summed E-state index contributed by atoms with van der Waals surface area (Å²) in [4.78, 5) is 14.9. The van der Waals surface area contributed by atoms with E-state index in [4.69, 9.17) is 21.3 Å². The minimum absolute atomic E-state index is 0.192. The van der Waals surface area contributed by atoms with Crippen molar-refractivity contribution < 1.29 is 9.13 Å². The normalized spacial score (nSPS) is 11.2. The highest BCUT2D eigenvalue weighted by Crippen LogP contribution is 2.35. The fourth-order valence-corrected chi connectivity index (χ4v) is 4.94. The van der Waals surface area contributed by atoms with Crippen LogP contribution in [0, 0.1) is 12.7 Å². The van der Waals surface area contributed by atoms with Gasteiger partial charge in [0.15, 0.2) is 16.7 Å². The third kappa shape index (κ3) is 5.43. The van der Waals surface area contributed by atoms with Crippen molar-refractivity contribution in [2.75, 3.05) is 11.9 Å². The van der Waals surface area contributed by atoms with Crippen LogP contribution in [-0.4, -0.2) is 21.6 Å². The van der Waals surface area contributed by atoms with Gasteiger partial charge in [-0.15, -0.1) is 22.7 Å². The fraction of sp³-hybridized carbons (Fsp3) is 0.261. The lowest BCUT2D eigenvalue weighted by molar-refractivity contribution is 0.305. The van der Waals surface area contributed by atoms with Crippen LogP contribution in [0.15, 0.2) is 41.9 Å². The summed E-state index contributed by atoms with van der Waals surface area (Å²) in [7, 11) is 0. The Kier molecular flexibility index (Phi) is 7.03. The Hall–Kier alpha value is -2.55. The first-order valence-corrected chi connectivity index (χ1v) is 12.2. The predicted molar refractivity (Wildman–Crippen MR) is 130 cm³/mol. The largest absolute Gasteiger partial charge is 0.490 e. The number of ether oxygens (including phenoxy) is 1. The number of nitrogens with one attached hydrogen (secondary N) is 1. The van der Waals surface area contributed by atoms with Crippen molar-refractivity contribution in [3.05, 3.63) is 69.0 Å². The van der Waals surface area contributed by atoms with Gasteiger partial charge in [0.2, 0.25) is 0 Å². The molecule has 4 rings (SSSR count). The highest BCUT2D eigenvalue weighted by atomic mass is 35.5. The number of pyridine rings is 1. The Morgan fingerprint density at radius 3 is 2.72 bits per heavy atom. The monoisotopic (exact) mass is 488 g/mol. The number of hydrogen-bond donors (Lipinski definition) is 1. The molecule has 1 aromatic carbocycles. The Morgan fingerprint density at radius 1 is 1.19 bits per heavy atom. The first kappa shape index (κ1) is 22.6. The van der Waals surface area contributed by atoms with Crippen LogP contribution in [0.5, 0.6) is 5.75 Å². The maximum atomic E-state index is 13.8. The molecule has 0 bridgehead atoms. The van der Waals surface area contributed by atoms with E-state index in [2.05, 4.69) is 29.1 Å². The van der Waals surface area contributed by atoms with Crippen LogP contribution < -0.4 is 10.1 Å². The van der Waals surface area contributed by atoms with Crippen LogP contribution in [0.2, 0.25) is 5.02 Å². The molecule has 0 aliphatic heterocycles. The summed E-state index contributed by atoms with van der Waals surface area (Å²) in [5.41, 5.74) is 2.94. The van der Waals surface area contributed by atoms with Gasteiger partial charge in [0.1, 0.15) is 5.82 Å². The molecule has 3 aromatic heterocycles. The lowest BCUT2D eigenvalue weighted by Crippen LogP contribution is -2.03. The van der Waals surface area contributed by atoms with E-state index in [1.807, 2.05) is 24.4 Å². The van der Waals surface area contributed by atoms with Crippen molar-refractivity contribution >= 4 is 45.2 Å². The van der Waals surface area contributed by atoms with E-state index in [1.54, 1.807) is 23.6 Å². The molecule has 0 unspecified atom stereocenters. The molecule has 0 atom stereocenters. The molecule has 0 aliphatic carbocycles. The van der Waals surface area contributed by atoms with E-state index in [1.165, 1.54) is 23.5 Å². The number of aryl methyl sites for hydroxylation is 1. The fourth-order valence-electron chi connectivity index (χ4n) is 2.96. The molecule has 9 heteroatoms. The van der Waals surface area contributed by atoms with Crippen LogP contribution in [0.4, 0.5) is 15.3 Å². The number of benzene rings is 1. The summed E-state index contributed by atoms with van der Waals surface area (Å²) >= 11 is 8.99. The highest BCUT2D eigenvalue weighted by Gasteiger charge is 2.15. The topological polar surface area (TPSA) is 59.9 Å². The zero-order valence-electron chi connectivity index (χ0n) is 17.9. The minimum Gasteiger partial charge on any atom is -0.490 e. The molecule has 0 radical (unpaired) electrons. The lowest BCUT2D eigenvalue weighted by atomic mass is 10.2. The summed E-state index contributed by atoms with van der Waals surface area (Å²) < 4.78 is 19.3. The van der Waals surface area contributed by atoms with Gasteiger partial charge in [0, 0.05) is 28.9 Å². The second-order valence-electron chi connectivity index (χ2n) is 7.51. The van der Waals surface area contributed by atoms with Crippen LogP contribution in [-0.2, 0) is 6.42 Å². The van der Waals surface area contributed by atoms with Gasteiger partial charge in [-0.3, -0.25) is 0 Å². The number of rotatable bonds is 8. The number of thiazole rings is 2. The number of nitrogens with zero attached hydrogens (tertiary/aromatic N) is 3. The molecule has 1 N–H and O–H groups in total. The molecular formula is C23H22ClFN4OS2. The van der Waals surface area contributed by atoms with Crippen LogP contribution in [0.25, 0.3) is 10.6 Å². The van der Waals surface area contributed by atoms with E-state index < -0.39 is 5.82 Å².